The van der Waals surface area contributed by atoms with Gasteiger partial charge < -0.3 is 0 Å². The topological polar surface area (TPSA) is 188 Å². The van der Waals surface area contributed by atoms with Crippen LogP contribution in [-0.2, 0) is 7.47 Å². The van der Waals surface area contributed by atoms with Crippen molar-refractivity contribution in [3.63, 3.8) is 0 Å². The molecule has 0 aliphatic heterocycles. The minimum atomic E-state index is -5.94. The van der Waals surface area contributed by atoms with Crippen molar-refractivity contribution in [3.8, 4) is 0 Å². The van der Waals surface area contributed by atoms with Crippen molar-refractivity contribution >= 4 is 14.5 Å². The van der Waals surface area contributed by atoms with E-state index in [2.05, 4.69) is 3.73 Å². The number of aliphatic hydroxyl groups excluding tert-OH is 5. The summed E-state index contributed by atoms with van der Waals surface area (Å²) >= 11 is -5.94. The van der Waals surface area contributed by atoms with Crippen molar-refractivity contribution in [2.45, 2.75) is 36.3 Å². The molecule has 0 heterocycles. The van der Waals surface area contributed by atoms with Crippen LogP contribution in [0, 0.1) is 0 Å². The summed E-state index contributed by atoms with van der Waals surface area (Å²) in [5, 5.41) is 55.8. The van der Waals surface area contributed by atoms with Crippen LogP contribution in [0.4, 0.5) is 0 Å². The van der Waals surface area contributed by atoms with Gasteiger partial charge in [-0.25, -0.2) is 0 Å². The third-order valence-corrected chi connectivity index (χ3v) is 3.57. The fraction of sp³-hybridized carbons (Fsp3) is 1.00. The van der Waals surface area contributed by atoms with Gasteiger partial charge in [-0.05, 0) is 0 Å². The van der Waals surface area contributed by atoms with E-state index in [1.165, 1.54) is 0 Å². The second kappa shape index (κ2) is 4.59. The number of hydrogen-bond donors (Lipinski definition) is 8. The van der Waals surface area contributed by atoms with Gasteiger partial charge in [-0.3, -0.25) is 0 Å². The van der Waals surface area contributed by atoms with Crippen LogP contribution in [0.15, 0.2) is 0 Å². The zero-order valence-corrected chi connectivity index (χ0v) is 10.1. The fourth-order valence-corrected chi connectivity index (χ4v) is 2.79. The van der Waals surface area contributed by atoms with Gasteiger partial charge in [-0.1, -0.05) is 0 Å². The first-order valence-electron chi connectivity index (χ1n) is 4.39. The Kier molecular flexibility index (Phi) is 4.07. The molecule has 0 radical (unpaired) electrons. The molecule has 0 saturated heterocycles. The number of rotatable bonds is 2. The first-order valence-corrected chi connectivity index (χ1v) is 7.61. The van der Waals surface area contributed by atoms with E-state index in [0.29, 0.717) is 0 Å². The molecule has 1 aliphatic carbocycles. The van der Waals surface area contributed by atoms with Crippen LogP contribution in [0.2, 0.25) is 0 Å². The van der Waals surface area contributed by atoms with Crippen LogP contribution in [-0.4, -0.2) is 89.7 Å². The van der Waals surface area contributed by atoms with E-state index in [4.69, 9.17) is 13.3 Å². The minimum absolute atomic E-state index is 2.01. The Morgan fingerprint density at radius 1 is 0.882 bits per heavy atom. The van der Waals surface area contributed by atoms with Crippen LogP contribution in [0.5, 0.6) is 0 Å². The Hall–Kier alpha value is -0.00156. The van der Waals surface area contributed by atoms with Crippen molar-refractivity contribution in [1.29, 1.82) is 0 Å². The van der Waals surface area contributed by atoms with Crippen LogP contribution in [0.1, 0.15) is 0 Å². The maximum atomic E-state index is 10.6. The van der Waals surface area contributed by atoms with Gasteiger partial charge in [0.1, 0.15) is 0 Å². The third-order valence-electron chi connectivity index (χ3n) is 2.46. The zero-order chi connectivity index (χ0) is 13.6. The molecule has 0 aromatic heterocycles. The second-order valence-electron chi connectivity index (χ2n) is 3.70. The molecule has 8 N–H and O–H groups in total. The zero-order valence-electron chi connectivity index (χ0n) is 8.23. The Morgan fingerprint density at radius 2 is 1.24 bits per heavy atom. The van der Waals surface area contributed by atoms with Gasteiger partial charge in [0.15, 0.2) is 0 Å². The van der Waals surface area contributed by atoms with Gasteiger partial charge in [0.2, 0.25) is 0 Å². The third kappa shape index (κ3) is 2.71. The summed E-state index contributed by atoms with van der Waals surface area (Å²) < 4.78 is 31.5. The standard InChI is InChI=1S/C6H13AsO10/c8-1-2(9)4(11)6(13,5(12)3(1)10)17-7(14,15)16/h1-5,8-13H,(H2,14,15,16)/t1?,2-,3+,4-,5-,6?/m1/s1. The molecule has 0 amide bonds. The molecule has 11 heteroatoms. The van der Waals surface area contributed by atoms with E-state index in [0.717, 1.165) is 0 Å². The van der Waals surface area contributed by atoms with E-state index in [1.807, 2.05) is 0 Å². The molecule has 0 aromatic carbocycles. The molecular formula is C6H13AsO10. The van der Waals surface area contributed by atoms with Gasteiger partial charge in [0, 0.05) is 0 Å². The molecule has 0 bridgehead atoms. The first-order chi connectivity index (χ1) is 7.50. The summed E-state index contributed by atoms with van der Waals surface area (Å²) in [5.41, 5.74) is 0. The molecule has 17 heavy (non-hydrogen) atoms. The summed E-state index contributed by atoms with van der Waals surface area (Å²) in [5.74, 6) is -3.28. The Labute approximate surface area is 97.7 Å². The maximum absolute atomic E-state index is 10.6. The molecule has 1 saturated carbocycles. The first kappa shape index (κ1) is 15.1. The van der Waals surface area contributed by atoms with Crippen LogP contribution < -0.4 is 0 Å². The molecule has 1 fully saturated rings. The second-order valence-corrected chi connectivity index (χ2v) is 6.14. The van der Waals surface area contributed by atoms with Crippen LogP contribution in [0.3, 0.4) is 0 Å². The van der Waals surface area contributed by atoms with Crippen molar-refractivity contribution in [2.75, 3.05) is 0 Å². The van der Waals surface area contributed by atoms with Crippen LogP contribution in [0.25, 0.3) is 0 Å². The summed E-state index contributed by atoms with van der Waals surface area (Å²) in [6.07, 6.45) is -11.1. The summed E-state index contributed by atoms with van der Waals surface area (Å²) in [4.78, 5) is 0. The van der Waals surface area contributed by atoms with E-state index in [-0.39, 0.29) is 0 Å². The molecule has 102 valence electrons. The van der Waals surface area contributed by atoms with Crippen molar-refractivity contribution in [2.24, 2.45) is 0 Å². The summed E-state index contributed by atoms with van der Waals surface area (Å²) in [6, 6.07) is 0. The predicted molar refractivity (Wildman–Crippen MR) is 46.9 cm³/mol. The van der Waals surface area contributed by atoms with E-state index < -0.39 is 50.8 Å². The molecule has 6 atom stereocenters. The average Bonchev–Trinajstić information content (AvgIpc) is 2.19. The Bertz CT molecular complexity index is 311. The molecule has 0 aromatic rings. The van der Waals surface area contributed by atoms with Crippen LogP contribution >= 0.6 is 0 Å². The van der Waals surface area contributed by atoms with Crippen molar-refractivity contribution < 1.29 is 46.3 Å². The van der Waals surface area contributed by atoms with Gasteiger partial charge in [-0.15, -0.1) is 0 Å². The van der Waals surface area contributed by atoms with E-state index >= 15 is 0 Å². The van der Waals surface area contributed by atoms with Gasteiger partial charge >= 0.3 is 97.1 Å². The fourth-order valence-electron chi connectivity index (χ4n) is 1.54. The average molecular weight is 320 g/mol. The quantitative estimate of drug-likeness (QED) is 0.180. The molecular weight excluding hydrogens is 307 g/mol. The Balaban J connectivity index is 3.08. The van der Waals surface area contributed by atoms with Gasteiger partial charge in [-0.2, -0.15) is 0 Å². The Morgan fingerprint density at radius 3 is 1.53 bits per heavy atom. The van der Waals surface area contributed by atoms with Crippen molar-refractivity contribution in [3.05, 3.63) is 0 Å². The van der Waals surface area contributed by atoms with Gasteiger partial charge in [0.05, 0.1) is 0 Å². The number of hydrogen-bond acceptors (Lipinski definition) is 8. The summed E-state index contributed by atoms with van der Waals surface area (Å²) in [7, 11) is 0. The van der Waals surface area contributed by atoms with E-state index in [1.54, 1.807) is 0 Å². The van der Waals surface area contributed by atoms with Gasteiger partial charge in [0.25, 0.3) is 0 Å². The van der Waals surface area contributed by atoms with Crippen molar-refractivity contribution in [1.82, 2.24) is 0 Å². The normalized spacial score (nSPS) is 48.1. The molecule has 1 rings (SSSR count). The molecule has 1 aliphatic rings. The number of aliphatic hydroxyl groups is 6. The SMILES string of the molecule is O=[As](O)(O)OC1(O)[C@H](O)[C@H](O)C(O)[C@H](O)[C@H]1O. The predicted octanol–water partition coefficient (Wildman–Crippen LogP) is -5.64. The molecule has 10 nitrogen and oxygen atoms in total. The summed E-state index contributed by atoms with van der Waals surface area (Å²) in [6.45, 7) is 0. The molecule has 2 unspecified atom stereocenters. The molecule has 0 spiro atoms. The monoisotopic (exact) mass is 320 g/mol. The van der Waals surface area contributed by atoms with E-state index in [9.17, 15) is 29.3 Å².